The summed E-state index contributed by atoms with van der Waals surface area (Å²) in [5.74, 6) is 0.456. The second kappa shape index (κ2) is 7.74. The Bertz CT molecular complexity index is 461. The van der Waals surface area contributed by atoms with Gasteiger partial charge in [-0.3, -0.25) is 4.79 Å². The molecular formula is C15H20BrFN2O. The van der Waals surface area contributed by atoms with Crippen LogP contribution < -0.4 is 10.6 Å². The highest BCUT2D eigenvalue weighted by Crippen LogP contribution is 2.19. The van der Waals surface area contributed by atoms with Crippen molar-refractivity contribution in [2.75, 3.05) is 13.1 Å². The first-order chi connectivity index (χ1) is 9.65. The molecule has 0 unspecified atom stereocenters. The predicted octanol–water partition coefficient (Wildman–Crippen LogP) is 2.98. The fourth-order valence-corrected chi connectivity index (χ4v) is 2.94. The minimum Gasteiger partial charge on any atom is -0.352 e. The molecule has 2 N–H and O–H groups in total. The van der Waals surface area contributed by atoms with Crippen LogP contribution in [0.15, 0.2) is 22.7 Å². The van der Waals surface area contributed by atoms with E-state index in [0.29, 0.717) is 23.4 Å². The number of hydrogen-bond donors (Lipinski definition) is 2. The number of piperidine rings is 1. The minimum atomic E-state index is -0.280. The Morgan fingerprint density at radius 1 is 1.40 bits per heavy atom. The summed E-state index contributed by atoms with van der Waals surface area (Å²) in [6, 6.07) is 4.50. The maximum absolute atomic E-state index is 13.0. The van der Waals surface area contributed by atoms with Crippen LogP contribution in [0.3, 0.4) is 0 Å². The van der Waals surface area contributed by atoms with Crippen molar-refractivity contribution in [1.29, 1.82) is 0 Å². The summed E-state index contributed by atoms with van der Waals surface area (Å²) >= 11 is 3.30. The van der Waals surface area contributed by atoms with Crippen molar-refractivity contribution in [2.24, 2.45) is 5.92 Å². The van der Waals surface area contributed by atoms with Crippen LogP contribution in [-0.2, 0) is 11.3 Å². The van der Waals surface area contributed by atoms with Gasteiger partial charge in [0.25, 0.3) is 0 Å². The highest BCUT2D eigenvalue weighted by Gasteiger charge is 2.14. The lowest BCUT2D eigenvalue weighted by molar-refractivity contribution is -0.121. The zero-order valence-electron chi connectivity index (χ0n) is 11.4. The van der Waals surface area contributed by atoms with Crippen molar-refractivity contribution in [3.8, 4) is 0 Å². The van der Waals surface area contributed by atoms with Crippen LogP contribution in [0.2, 0.25) is 0 Å². The molecule has 1 heterocycles. The number of hydrogen-bond acceptors (Lipinski definition) is 2. The second-order valence-electron chi connectivity index (χ2n) is 5.24. The van der Waals surface area contributed by atoms with Crippen molar-refractivity contribution in [2.45, 2.75) is 32.2 Å². The molecule has 0 saturated carbocycles. The smallest absolute Gasteiger partial charge is 0.220 e. The fourth-order valence-electron chi connectivity index (χ4n) is 2.45. The van der Waals surface area contributed by atoms with Gasteiger partial charge in [0.1, 0.15) is 5.82 Å². The maximum Gasteiger partial charge on any atom is 0.220 e. The summed E-state index contributed by atoms with van der Waals surface area (Å²) in [4.78, 5) is 11.8. The average Bonchev–Trinajstić information content (AvgIpc) is 2.45. The summed E-state index contributed by atoms with van der Waals surface area (Å²) < 4.78 is 13.6. The van der Waals surface area contributed by atoms with Crippen molar-refractivity contribution >= 4 is 21.8 Å². The van der Waals surface area contributed by atoms with E-state index in [1.165, 1.54) is 12.1 Å². The van der Waals surface area contributed by atoms with Gasteiger partial charge in [-0.25, -0.2) is 4.39 Å². The van der Waals surface area contributed by atoms with Crippen molar-refractivity contribution in [1.82, 2.24) is 10.6 Å². The van der Waals surface area contributed by atoms with E-state index in [0.717, 1.165) is 37.9 Å². The zero-order valence-corrected chi connectivity index (χ0v) is 13.0. The molecule has 20 heavy (non-hydrogen) atoms. The number of amides is 1. The SMILES string of the molecule is O=C(CCC1CCNCC1)NCc1ccc(F)cc1Br. The lowest BCUT2D eigenvalue weighted by Gasteiger charge is -2.22. The Balaban J connectivity index is 1.71. The maximum atomic E-state index is 13.0. The third kappa shape index (κ3) is 4.87. The number of benzene rings is 1. The van der Waals surface area contributed by atoms with Gasteiger partial charge < -0.3 is 10.6 Å². The van der Waals surface area contributed by atoms with Gasteiger partial charge in [0.15, 0.2) is 0 Å². The number of rotatable bonds is 5. The average molecular weight is 343 g/mol. The zero-order chi connectivity index (χ0) is 14.4. The lowest BCUT2D eigenvalue weighted by atomic mass is 9.93. The molecular weight excluding hydrogens is 323 g/mol. The second-order valence-corrected chi connectivity index (χ2v) is 6.10. The number of nitrogens with one attached hydrogen (secondary N) is 2. The summed E-state index contributed by atoms with van der Waals surface area (Å²) in [5, 5.41) is 6.22. The van der Waals surface area contributed by atoms with Crippen molar-refractivity contribution in [3.05, 3.63) is 34.1 Å². The molecule has 110 valence electrons. The van der Waals surface area contributed by atoms with E-state index in [2.05, 4.69) is 26.6 Å². The lowest BCUT2D eigenvalue weighted by Crippen LogP contribution is -2.29. The Hall–Kier alpha value is -0.940. The van der Waals surface area contributed by atoms with E-state index >= 15 is 0 Å². The molecule has 0 aliphatic carbocycles. The molecule has 0 spiro atoms. The van der Waals surface area contributed by atoms with E-state index in [1.807, 2.05) is 0 Å². The molecule has 0 atom stereocenters. The molecule has 1 aliphatic heterocycles. The molecule has 1 aromatic carbocycles. The van der Waals surface area contributed by atoms with Crippen LogP contribution in [0.1, 0.15) is 31.2 Å². The molecule has 0 bridgehead atoms. The molecule has 0 aromatic heterocycles. The Morgan fingerprint density at radius 2 is 2.15 bits per heavy atom. The van der Waals surface area contributed by atoms with Gasteiger partial charge in [0, 0.05) is 17.4 Å². The monoisotopic (exact) mass is 342 g/mol. The third-order valence-corrected chi connectivity index (χ3v) is 4.47. The van der Waals surface area contributed by atoms with Gasteiger partial charge in [-0.2, -0.15) is 0 Å². The van der Waals surface area contributed by atoms with Crippen molar-refractivity contribution in [3.63, 3.8) is 0 Å². The summed E-state index contributed by atoms with van der Waals surface area (Å²) in [5.41, 5.74) is 0.890. The molecule has 1 amide bonds. The van der Waals surface area contributed by atoms with E-state index in [1.54, 1.807) is 6.07 Å². The van der Waals surface area contributed by atoms with E-state index in [-0.39, 0.29) is 11.7 Å². The Kier molecular flexibility index (Phi) is 5.98. The molecule has 1 saturated heterocycles. The number of carbonyl (C=O) groups excluding carboxylic acids is 1. The van der Waals surface area contributed by atoms with Gasteiger partial charge in [0.05, 0.1) is 0 Å². The topological polar surface area (TPSA) is 41.1 Å². The van der Waals surface area contributed by atoms with Gasteiger partial charge in [-0.15, -0.1) is 0 Å². The molecule has 1 aliphatic rings. The van der Waals surface area contributed by atoms with Gasteiger partial charge in [-0.1, -0.05) is 22.0 Å². The van der Waals surface area contributed by atoms with Crippen molar-refractivity contribution < 1.29 is 9.18 Å². The first kappa shape index (κ1) is 15.4. The number of carbonyl (C=O) groups is 1. The first-order valence-electron chi connectivity index (χ1n) is 7.06. The summed E-state index contributed by atoms with van der Waals surface area (Å²) in [6.07, 6.45) is 3.86. The summed E-state index contributed by atoms with van der Waals surface area (Å²) in [7, 11) is 0. The van der Waals surface area contributed by atoms with E-state index in [4.69, 9.17) is 0 Å². The summed E-state index contributed by atoms with van der Waals surface area (Å²) in [6.45, 7) is 2.57. The van der Waals surface area contributed by atoms with Gasteiger partial charge in [-0.05, 0) is 56.0 Å². The quantitative estimate of drug-likeness (QED) is 0.863. The largest absolute Gasteiger partial charge is 0.352 e. The van der Waals surface area contributed by atoms with Gasteiger partial charge >= 0.3 is 0 Å². The molecule has 1 fully saturated rings. The molecule has 3 nitrogen and oxygen atoms in total. The first-order valence-corrected chi connectivity index (χ1v) is 7.86. The van der Waals surface area contributed by atoms with Crippen LogP contribution in [0.25, 0.3) is 0 Å². The molecule has 0 radical (unpaired) electrons. The molecule has 2 rings (SSSR count). The van der Waals surface area contributed by atoms with E-state index in [9.17, 15) is 9.18 Å². The van der Waals surface area contributed by atoms with E-state index < -0.39 is 0 Å². The van der Waals surface area contributed by atoms with Crippen LogP contribution >= 0.6 is 15.9 Å². The highest BCUT2D eigenvalue weighted by molar-refractivity contribution is 9.10. The Labute approximate surface area is 127 Å². The van der Waals surface area contributed by atoms with Crippen LogP contribution in [0.5, 0.6) is 0 Å². The standard InChI is InChI=1S/C15H20BrFN2O/c16-14-9-13(17)3-2-12(14)10-19-15(20)4-1-11-5-7-18-8-6-11/h2-3,9,11,18H,1,4-8,10H2,(H,19,20). The van der Waals surface area contributed by atoms with Gasteiger partial charge in [0.2, 0.25) is 5.91 Å². The van der Waals surface area contributed by atoms with Crippen LogP contribution in [0.4, 0.5) is 4.39 Å². The Morgan fingerprint density at radius 3 is 2.85 bits per heavy atom. The van der Waals surface area contributed by atoms with Crippen LogP contribution in [0, 0.1) is 11.7 Å². The molecule has 5 heteroatoms. The highest BCUT2D eigenvalue weighted by atomic mass is 79.9. The minimum absolute atomic E-state index is 0.0692. The molecule has 1 aromatic rings. The van der Waals surface area contributed by atoms with Crippen LogP contribution in [-0.4, -0.2) is 19.0 Å². The predicted molar refractivity (Wildman–Crippen MR) is 80.8 cm³/mol. The normalized spacial score (nSPS) is 16.1. The number of halogens is 2. The fraction of sp³-hybridized carbons (Fsp3) is 0.533. The third-order valence-electron chi connectivity index (χ3n) is 3.73.